The lowest BCUT2D eigenvalue weighted by Crippen LogP contribution is -1.93. The Morgan fingerprint density at radius 1 is 1.44 bits per heavy atom. The summed E-state index contributed by atoms with van der Waals surface area (Å²) in [5.74, 6) is 0. The zero-order valence-corrected chi connectivity index (χ0v) is 10.1. The average molecular weight is 239 g/mol. The van der Waals surface area contributed by atoms with Crippen molar-refractivity contribution in [3.8, 4) is 5.69 Å². The molecular weight excluding hydrogens is 226 g/mol. The van der Waals surface area contributed by atoms with Crippen molar-refractivity contribution in [1.29, 1.82) is 0 Å². The first kappa shape index (κ1) is 10.8. The average Bonchev–Trinajstić information content (AvgIpc) is 3.04. The van der Waals surface area contributed by atoms with Gasteiger partial charge >= 0.3 is 0 Å². The summed E-state index contributed by atoms with van der Waals surface area (Å²) in [6.45, 7) is 2.10. The number of hydrogen-bond donors (Lipinski definition) is 1. The number of aldehydes is 1. The molecule has 0 bridgehead atoms. The van der Waals surface area contributed by atoms with Crippen LogP contribution in [-0.4, -0.2) is 21.1 Å². The van der Waals surface area contributed by atoms with E-state index in [1.807, 2.05) is 35.3 Å². The third-order valence-electron chi connectivity index (χ3n) is 3.13. The second-order valence-corrected chi connectivity index (χ2v) is 4.24. The maximum absolute atomic E-state index is 10.9. The molecule has 0 amide bonds. The van der Waals surface area contributed by atoms with Crippen molar-refractivity contribution in [2.45, 2.75) is 13.3 Å². The standard InChI is InChI=1S/C14H13N3O/c1-2-10-6-16-17(8-10)12-3-4-14-13(5-12)11(9-18)7-15-14/h3-9,15H,2H2,1H3. The van der Waals surface area contributed by atoms with Crippen LogP contribution in [0.2, 0.25) is 0 Å². The highest BCUT2D eigenvalue weighted by Crippen LogP contribution is 2.20. The minimum Gasteiger partial charge on any atom is -0.360 e. The summed E-state index contributed by atoms with van der Waals surface area (Å²) in [6, 6.07) is 5.92. The van der Waals surface area contributed by atoms with E-state index in [0.717, 1.165) is 29.3 Å². The molecule has 3 aromatic rings. The van der Waals surface area contributed by atoms with Crippen LogP contribution in [-0.2, 0) is 6.42 Å². The number of rotatable bonds is 3. The van der Waals surface area contributed by atoms with E-state index >= 15 is 0 Å². The van der Waals surface area contributed by atoms with E-state index in [-0.39, 0.29) is 0 Å². The molecule has 0 radical (unpaired) electrons. The third kappa shape index (κ3) is 1.62. The van der Waals surface area contributed by atoms with Gasteiger partial charge in [0.1, 0.15) is 0 Å². The molecule has 0 aliphatic rings. The lowest BCUT2D eigenvalue weighted by molar-refractivity contribution is 0.112. The molecule has 0 fully saturated rings. The summed E-state index contributed by atoms with van der Waals surface area (Å²) in [5.41, 5.74) is 3.79. The van der Waals surface area contributed by atoms with Crippen LogP contribution in [0.15, 0.2) is 36.8 Å². The molecule has 3 rings (SSSR count). The molecule has 1 aromatic carbocycles. The molecule has 18 heavy (non-hydrogen) atoms. The maximum Gasteiger partial charge on any atom is 0.152 e. The lowest BCUT2D eigenvalue weighted by atomic mass is 10.1. The molecule has 4 heteroatoms. The molecule has 1 N–H and O–H groups in total. The van der Waals surface area contributed by atoms with Gasteiger partial charge in [0.2, 0.25) is 0 Å². The van der Waals surface area contributed by atoms with E-state index < -0.39 is 0 Å². The molecule has 0 saturated carbocycles. The first-order valence-electron chi connectivity index (χ1n) is 5.92. The van der Waals surface area contributed by atoms with Crippen LogP contribution < -0.4 is 0 Å². The second-order valence-electron chi connectivity index (χ2n) is 4.24. The number of carbonyl (C=O) groups excluding carboxylic acids is 1. The van der Waals surface area contributed by atoms with E-state index in [1.165, 1.54) is 5.56 Å². The van der Waals surface area contributed by atoms with Gasteiger partial charge in [-0.25, -0.2) is 4.68 Å². The summed E-state index contributed by atoms with van der Waals surface area (Å²) >= 11 is 0. The lowest BCUT2D eigenvalue weighted by Gasteiger charge is -2.01. The fourth-order valence-electron chi connectivity index (χ4n) is 2.05. The topological polar surface area (TPSA) is 50.7 Å². The van der Waals surface area contributed by atoms with Crippen LogP contribution in [0.3, 0.4) is 0 Å². The van der Waals surface area contributed by atoms with Gasteiger partial charge < -0.3 is 4.98 Å². The van der Waals surface area contributed by atoms with Gasteiger partial charge in [0.15, 0.2) is 6.29 Å². The predicted molar refractivity (Wildman–Crippen MR) is 70.2 cm³/mol. The number of benzene rings is 1. The van der Waals surface area contributed by atoms with Crippen LogP contribution in [0.5, 0.6) is 0 Å². The highest BCUT2D eigenvalue weighted by Gasteiger charge is 2.05. The first-order valence-corrected chi connectivity index (χ1v) is 5.92. The van der Waals surface area contributed by atoms with Crippen molar-refractivity contribution in [2.75, 3.05) is 0 Å². The summed E-state index contributed by atoms with van der Waals surface area (Å²) in [5, 5.41) is 5.25. The van der Waals surface area contributed by atoms with E-state index in [1.54, 1.807) is 6.20 Å². The van der Waals surface area contributed by atoms with Crippen LogP contribution in [0.25, 0.3) is 16.6 Å². The van der Waals surface area contributed by atoms with Crippen LogP contribution in [0.1, 0.15) is 22.8 Å². The second kappa shape index (κ2) is 4.14. The number of aromatic amines is 1. The van der Waals surface area contributed by atoms with Crippen molar-refractivity contribution in [1.82, 2.24) is 14.8 Å². The zero-order valence-electron chi connectivity index (χ0n) is 10.1. The summed E-state index contributed by atoms with van der Waals surface area (Å²) in [4.78, 5) is 14.0. The molecule has 2 heterocycles. The highest BCUT2D eigenvalue weighted by molar-refractivity contribution is 5.98. The van der Waals surface area contributed by atoms with Crippen LogP contribution in [0.4, 0.5) is 0 Å². The Morgan fingerprint density at radius 2 is 2.33 bits per heavy atom. The van der Waals surface area contributed by atoms with E-state index in [0.29, 0.717) is 5.56 Å². The molecule has 90 valence electrons. The van der Waals surface area contributed by atoms with Crippen molar-refractivity contribution in [3.05, 3.63) is 47.9 Å². The number of H-pyrrole nitrogens is 1. The molecule has 0 unspecified atom stereocenters. The highest BCUT2D eigenvalue weighted by atomic mass is 16.1. The quantitative estimate of drug-likeness (QED) is 0.714. The van der Waals surface area contributed by atoms with Gasteiger partial charge in [-0.1, -0.05) is 6.92 Å². The van der Waals surface area contributed by atoms with Crippen molar-refractivity contribution < 1.29 is 4.79 Å². The summed E-state index contributed by atoms with van der Waals surface area (Å²) < 4.78 is 1.83. The van der Waals surface area contributed by atoms with Crippen LogP contribution in [0, 0.1) is 0 Å². The van der Waals surface area contributed by atoms with Crippen LogP contribution >= 0.6 is 0 Å². The fraction of sp³-hybridized carbons (Fsp3) is 0.143. The smallest absolute Gasteiger partial charge is 0.152 e. The van der Waals surface area contributed by atoms with Gasteiger partial charge in [0, 0.05) is 28.9 Å². The third-order valence-corrected chi connectivity index (χ3v) is 3.13. The van der Waals surface area contributed by atoms with Gasteiger partial charge in [-0.05, 0) is 30.2 Å². The largest absolute Gasteiger partial charge is 0.360 e. The Morgan fingerprint density at radius 3 is 3.06 bits per heavy atom. The molecular formula is C14H13N3O. The Kier molecular flexibility index (Phi) is 2.48. The molecule has 4 nitrogen and oxygen atoms in total. The molecule has 0 atom stereocenters. The Hall–Kier alpha value is -2.36. The van der Waals surface area contributed by atoms with Gasteiger partial charge in [0.05, 0.1) is 11.9 Å². The zero-order chi connectivity index (χ0) is 12.5. The molecule has 0 spiro atoms. The molecule has 0 aliphatic heterocycles. The minimum absolute atomic E-state index is 0.676. The monoisotopic (exact) mass is 239 g/mol. The number of carbonyl (C=O) groups is 1. The van der Waals surface area contributed by atoms with Crippen molar-refractivity contribution in [2.24, 2.45) is 0 Å². The number of nitrogens with zero attached hydrogens (tertiary/aromatic N) is 2. The number of nitrogens with one attached hydrogen (secondary N) is 1. The molecule has 0 aliphatic carbocycles. The molecule has 0 saturated heterocycles. The maximum atomic E-state index is 10.9. The summed E-state index contributed by atoms with van der Waals surface area (Å²) in [7, 11) is 0. The number of aryl methyl sites for hydroxylation is 1. The minimum atomic E-state index is 0.676. The van der Waals surface area contributed by atoms with Gasteiger partial charge in [-0.2, -0.15) is 5.10 Å². The SMILES string of the molecule is CCc1cnn(-c2ccc3[nH]cc(C=O)c3c2)c1. The van der Waals surface area contributed by atoms with Crippen molar-refractivity contribution in [3.63, 3.8) is 0 Å². The fourth-order valence-corrected chi connectivity index (χ4v) is 2.05. The number of aromatic nitrogens is 3. The number of hydrogen-bond acceptors (Lipinski definition) is 2. The Labute approximate surface area is 104 Å². The van der Waals surface area contributed by atoms with E-state index in [4.69, 9.17) is 0 Å². The first-order chi connectivity index (χ1) is 8.81. The Bertz CT molecular complexity index is 709. The Balaban J connectivity index is 2.14. The van der Waals surface area contributed by atoms with Gasteiger partial charge in [-0.3, -0.25) is 4.79 Å². The normalized spacial score (nSPS) is 10.9. The van der Waals surface area contributed by atoms with Gasteiger partial charge in [0.25, 0.3) is 0 Å². The number of fused-ring (bicyclic) bond motifs is 1. The van der Waals surface area contributed by atoms with E-state index in [2.05, 4.69) is 17.0 Å². The predicted octanol–water partition coefficient (Wildman–Crippen LogP) is 2.73. The van der Waals surface area contributed by atoms with E-state index in [9.17, 15) is 4.79 Å². The molecule has 2 aromatic heterocycles. The van der Waals surface area contributed by atoms with Crippen molar-refractivity contribution >= 4 is 17.2 Å². The van der Waals surface area contributed by atoms with Gasteiger partial charge in [-0.15, -0.1) is 0 Å². The summed E-state index contributed by atoms with van der Waals surface area (Å²) in [6.07, 6.45) is 7.42.